The van der Waals surface area contributed by atoms with Crippen molar-refractivity contribution in [1.29, 1.82) is 0 Å². The van der Waals surface area contributed by atoms with Crippen LogP contribution in [-0.4, -0.2) is 19.0 Å². The quantitative estimate of drug-likeness (QED) is 0.695. The highest BCUT2D eigenvalue weighted by atomic mass is 35.5. The molecule has 1 N–H and O–H groups in total. The van der Waals surface area contributed by atoms with Crippen molar-refractivity contribution in [1.82, 2.24) is 5.32 Å². The molecule has 0 radical (unpaired) electrons. The van der Waals surface area contributed by atoms with E-state index in [1.165, 1.54) is 38.5 Å². The van der Waals surface area contributed by atoms with Gasteiger partial charge >= 0.3 is 0 Å². The first-order chi connectivity index (χ1) is 6.35. The Morgan fingerprint density at radius 1 is 1.23 bits per heavy atom. The van der Waals surface area contributed by atoms with Crippen molar-refractivity contribution >= 4 is 11.6 Å². The van der Waals surface area contributed by atoms with Gasteiger partial charge in [0.2, 0.25) is 0 Å². The number of unbranched alkanes of at least 4 members (excludes halogenated alkanes) is 1. The number of hydrogen-bond donors (Lipinski definition) is 1. The van der Waals surface area contributed by atoms with Crippen LogP contribution in [0.5, 0.6) is 0 Å². The van der Waals surface area contributed by atoms with Crippen molar-refractivity contribution in [3.63, 3.8) is 0 Å². The van der Waals surface area contributed by atoms with E-state index >= 15 is 0 Å². The maximum Gasteiger partial charge on any atom is 0.0223 e. The molecule has 1 fully saturated rings. The monoisotopic (exact) mass is 205 g/mol. The van der Waals surface area contributed by atoms with Gasteiger partial charge in [0, 0.05) is 11.9 Å². The average Bonchev–Trinajstić information content (AvgIpc) is 2.21. The first-order valence-corrected chi connectivity index (χ1v) is 6.11. The van der Waals surface area contributed by atoms with Crippen LogP contribution in [0.2, 0.25) is 0 Å². The lowest BCUT2D eigenvalue weighted by molar-refractivity contribution is 0.394. The minimum Gasteiger partial charge on any atom is -0.317 e. The third-order valence-electron chi connectivity index (χ3n) is 2.50. The molecule has 0 amide bonds. The van der Waals surface area contributed by atoms with E-state index in [0.717, 1.165) is 18.3 Å². The minimum atomic E-state index is 0.816. The molecule has 1 rings (SSSR count). The molecule has 0 atom stereocenters. The highest BCUT2D eigenvalue weighted by Gasteiger charge is 2.09. The van der Waals surface area contributed by atoms with Crippen molar-refractivity contribution in [2.24, 2.45) is 0 Å². The summed E-state index contributed by atoms with van der Waals surface area (Å²) in [7, 11) is 2.07. The second-order valence-electron chi connectivity index (χ2n) is 3.67. The zero-order valence-electron chi connectivity index (χ0n) is 9.11. The largest absolute Gasteiger partial charge is 0.317 e. The lowest BCUT2D eigenvalue weighted by Crippen LogP contribution is -2.26. The van der Waals surface area contributed by atoms with Crippen LogP contribution in [0.25, 0.3) is 0 Å². The summed E-state index contributed by atoms with van der Waals surface area (Å²) in [6, 6.07) is 0.837. The SMILES string of the molecule is CCCCCl.CNC1CCCCC1. The van der Waals surface area contributed by atoms with E-state index in [1.54, 1.807) is 0 Å². The Hall–Kier alpha value is 0.250. The summed E-state index contributed by atoms with van der Waals surface area (Å²) in [6.07, 6.45) is 9.49. The zero-order valence-corrected chi connectivity index (χ0v) is 9.87. The van der Waals surface area contributed by atoms with Gasteiger partial charge in [-0.25, -0.2) is 0 Å². The third kappa shape index (κ3) is 8.58. The Kier molecular flexibility index (Phi) is 10.5. The molecule has 13 heavy (non-hydrogen) atoms. The normalized spacial score (nSPS) is 17.8. The van der Waals surface area contributed by atoms with Crippen LogP contribution in [0, 0.1) is 0 Å². The van der Waals surface area contributed by atoms with Crippen molar-refractivity contribution < 1.29 is 0 Å². The minimum absolute atomic E-state index is 0.816. The van der Waals surface area contributed by atoms with Gasteiger partial charge in [-0.1, -0.05) is 32.6 Å². The first kappa shape index (κ1) is 13.2. The number of halogens is 1. The van der Waals surface area contributed by atoms with Crippen LogP contribution in [0.3, 0.4) is 0 Å². The predicted octanol–water partition coefficient (Wildman–Crippen LogP) is 3.56. The van der Waals surface area contributed by atoms with Crippen LogP contribution in [0.4, 0.5) is 0 Å². The maximum absolute atomic E-state index is 5.30. The number of hydrogen-bond acceptors (Lipinski definition) is 1. The van der Waals surface area contributed by atoms with Gasteiger partial charge in [0.25, 0.3) is 0 Å². The van der Waals surface area contributed by atoms with E-state index < -0.39 is 0 Å². The van der Waals surface area contributed by atoms with Gasteiger partial charge in [0.05, 0.1) is 0 Å². The van der Waals surface area contributed by atoms with Crippen molar-refractivity contribution in [3.05, 3.63) is 0 Å². The molecule has 0 aliphatic heterocycles. The molecular weight excluding hydrogens is 182 g/mol. The summed E-state index contributed by atoms with van der Waals surface area (Å²) in [5.74, 6) is 0.816. The molecule has 0 heterocycles. The molecule has 2 heteroatoms. The van der Waals surface area contributed by atoms with Gasteiger partial charge in [-0.2, -0.15) is 0 Å². The second-order valence-corrected chi connectivity index (χ2v) is 4.04. The molecule has 1 saturated carbocycles. The fraction of sp³-hybridized carbons (Fsp3) is 1.00. The number of alkyl halides is 1. The number of rotatable bonds is 3. The van der Waals surface area contributed by atoms with Crippen LogP contribution in [0.1, 0.15) is 51.9 Å². The van der Waals surface area contributed by atoms with E-state index in [0.29, 0.717) is 0 Å². The van der Waals surface area contributed by atoms with E-state index in [9.17, 15) is 0 Å². The smallest absolute Gasteiger partial charge is 0.0223 e. The lowest BCUT2D eigenvalue weighted by atomic mass is 9.96. The fourth-order valence-corrected chi connectivity index (χ4v) is 1.79. The first-order valence-electron chi connectivity index (χ1n) is 5.58. The second kappa shape index (κ2) is 10.3. The van der Waals surface area contributed by atoms with Crippen LogP contribution in [0.15, 0.2) is 0 Å². The van der Waals surface area contributed by atoms with Gasteiger partial charge in [-0.15, -0.1) is 11.6 Å². The molecule has 0 spiro atoms. The van der Waals surface area contributed by atoms with Crippen LogP contribution >= 0.6 is 11.6 Å². The standard InChI is InChI=1S/C7H15N.C4H9Cl/c1-8-7-5-3-2-4-6-7;1-2-3-4-5/h7-8H,2-6H2,1H3;2-4H2,1H3. The highest BCUT2D eigenvalue weighted by molar-refractivity contribution is 6.17. The van der Waals surface area contributed by atoms with Gasteiger partial charge in [-0.3, -0.25) is 0 Å². The highest BCUT2D eigenvalue weighted by Crippen LogP contribution is 2.16. The lowest BCUT2D eigenvalue weighted by Gasteiger charge is -2.20. The topological polar surface area (TPSA) is 12.0 Å². The molecule has 0 aromatic heterocycles. The molecule has 1 aliphatic carbocycles. The molecule has 1 aliphatic rings. The summed E-state index contributed by atoms with van der Waals surface area (Å²) in [5, 5.41) is 3.30. The molecule has 0 bridgehead atoms. The Morgan fingerprint density at radius 3 is 2.08 bits per heavy atom. The molecule has 0 aromatic rings. The van der Waals surface area contributed by atoms with E-state index in [4.69, 9.17) is 11.6 Å². The van der Waals surface area contributed by atoms with Gasteiger partial charge < -0.3 is 5.32 Å². The van der Waals surface area contributed by atoms with Gasteiger partial charge in [-0.05, 0) is 26.3 Å². The van der Waals surface area contributed by atoms with Crippen molar-refractivity contribution in [3.8, 4) is 0 Å². The van der Waals surface area contributed by atoms with Crippen LogP contribution < -0.4 is 5.32 Å². The van der Waals surface area contributed by atoms with Gasteiger partial charge in [0.1, 0.15) is 0 Å². The summed E-state index contributed by atoms with van der Waals surface area (Å²) in [6.45, 7) is 2.13. The molecule has 80 valence electrons. The predicted molar refractivity (Wildman–Crippen MR) is 61.6 cm³/mol. The molecule has 0 unspecified atom stereocenters. The molecule has 0 aromatic carbocycles. The van der Waals surface area contributed by atoms with Crippen LogP contribution in [-0.2, 0) is 0 Å². The van der Waals surface area contributed by atoms with Crippen molar-refractivity contribution in [2.45, 2.75) is 57.9 Å². The Morgan fingerprint density at radius 2 is 1.85 bits per heavy atom. The third-order valence-corrected chi connectivity index (χ3v) is 2.77. The Balaban J connectivity index is 0.000000252. The summed E-state index contributed by atoms with van der Waals surface area (Å²) < 4.78 is 0. The fourth-order valence-electron chi connectivity index (χ4n) is 1.52. The molecule has 0 saturated heterocycles. The van der Waals surface area contributed by atoms with Gasteiger partial charge in [0.15, 0.2) is 0 Å². The van der Waals surface area contributed by atoms with Crippen molar-refractivity contribution in [2.75, 3.05) is 12.9 Å². The number of nitrogens with one attached hydrogen (secondary N) is 1. The molecule has 1 nitrogen and oxygen atoms in total. The maximum atomic E-state index is 5.30. The summed E-state index contributed by atoms with van der Waals surface area (Å²) in [5.41, 5.74) is 0. The Labute approximate surface area is 88.2 Å². The van der Waals surface area contributed by atoms with E-state index in [2.05, 4.69) is 19.3 Å². The summed E-state index contributed by atoms with van der Waals surface area (Å²) >= 11 is 5.30. The average molecular weight is 206 g/mol. The summed E-state index contributed by atoms with van der Waals surface area (Å²) in [4.78, 5) is 0. The molecular formula is C11H24ClN. The zero-order chi connectivity index (χ0) is 9.94. The van der Waals surface area contributed by atoms with E-state index in [-0.39, 0.29) is 0 Å². The Bertz CT molecular complexity index is 88.1. The van der Waals surface area contributed by atoms with E-state index in [1.807, 2.05) is 0 Å².